The van der Waals surface area contributed by atoms with Gasteiger partial charge in [0.05, 0.1) is 24.1 Å². The second-order valence-electron chi connectivity index (χ2n) is 5.34. The number of nitrogens with zero attached hydrogens (tertiary/aromatic N) is 2. The number of aryl methyl sites for hydroxylation is 1. The van der Waals surface area contributed by atoms with Gasteiger partial charge in [0.1, 0.15) is 5.75 Å². The lowest BCUT2D eigenvalue weighted by molar-refractivity contribution is -0.137. The fraction of sp³-hybridized carbons (Fsp3) is 0.167. The molecular formula is C18H15F3N2O. The summed E-state index contributed by atoms with van der Waals surface area (Å²) in [6.07, 6.45) is -4.34. The summed E-state index contributed by atoms with van der Waals surface area (Å²) in [4.78, 5) is 0. The van der Waals surface area contributed by atoms with Crippen LogP contribution in [0.2, 0.25) is 0 Å². The molecule has 0 saturated carbocycles. The van der Waals surface area contributed by atoms with Crippen LogP contribution in [0.4, 0.5) is 13.2 Å². The SMILES string of the molecule is COc1ccc(-c2cc(-c3ccc(C(F)(F)F)cc3)nn2C)cc1. The van der Waals surface area contributed by atoms with Crippen molar-refractivity contribution in [1.82, 2.24) is 9.78 Å². The molecule has 0 radical (unpaired) electrons. The number of benzene rings is 2. The van der Waals surface area contributed by atoms with Gasteiger partial charge in [0.15, 0.2) is 0 Å². The fourth-order valence-corrected chi connectivity index (χ4v) is 2.47. The van der Waals surface area contributed by atoms with Crippen molar-refractivity contribution in [2.24, 2.45) is 7.05 Å². The summed E-state index contributed by atoms with van der Waals surface area (Å²) < 4.78 is 44.8. The molecule has 0 aliphatic heterocycles. The summed E-state index contributed by atoms with van der Waals surface area (Å²) in [6, 6.07) is 14.4. The van der Waals surface area contributed by atoms with Gasteiger partial charge in [-0.25, -0.2) is 0 Å². The van der Waals surface area contributed by atoms with Gasteiger partial charge in [0, 0.05) is 18.2 Å². The minimum absolute atomic E-state index is 0.622. The van der Waals surface area contributed by atoms with Gasteiger partial charge in [-0.15, -0.1) is 0 Å². The first kappa shape index (κ1) is 16.1. The number of halogens is 3. The topological polar surface area (TPSA) is 27.1 Å². The Balaban J connectivity index is 1.93. The molecule has 0 bridgehead atoms. The van der Waals surface area contributed by atoms with Crippen molar-refractivity contribution in [1.29, 1.82) is 0 Å². The molecule has 2 aromatic carbocycles. The zero-order valence-electron chi connectivity index (χ0n) is 13.1. The Morgan fingerprint density at radius 2 is 1.50 bits per heavy atom. The van der Waals surface area contributed by atoms with Crippen LogP contribution in [0.3, 0.4) is 0 Å². The molecule has 0 fully saturated rings. The van der Waals surface area contributed by atoms with E-state index in [0.29, 0.717) is 11.3 Å². The highest BCUT2D eigenvalue weighted by atomic mass is 19.4. The molecule has 6 heteroatoms. The van der Waals surface area contributed by atoms with E-state index in [4.69, 9.17) is 4.74 Å². The summed E-state index contributed by atoms with van der Waals surface area (Å²) in [5.74, 6) is 0.754. The molecule has 3 aromatic rings. The van der Waals surface area contributed by atoms with Crippen LogP contribution < -0.4 is 4.74 Å². The Labute approximate surface area is 137 Å². The number of ether oxygens (including phenoxy) is 1. The van der Waals surface area contributed by atoms with Crippen molar-refractivity contribution in [2.75, 3.05) is 7.11 Å². The van der Waals surface area contributed by atoms with Gasteiger partial charge in [0.25, 0.3) is 0 Å². The first-order chi connectivity index (χ1) is 11.4. The molecule has 0 N–H and O–H groups in total. The van der Waals surface area contributed by atoms with Crippen molar-refractivity contribution in [3.8, 4) is 28.3 Å². The maximum absolute atomic E-state index is 12.6. The van der Waals surface area contributed by atoms with Crippen molar-refractivity contribution >= 4 is 0 Å². The maximum atomic E-state index is 12.6. The van der Waals surface area contributed by atoms with Crippen LogP contribution in [-0.2, 0) is 13.2 Å². The van der Waals surface area contributed by atoms with Crippen molar-refractivity contribution in [3.05, 3.63) is 60.2 Å². The predicted molar refractivity (Wildman–Crippen MR) is 85.6 cm³/mol. The summed E-state index contributed by atoms with van der Waals surface area (Å²) in [7, 11) is 3.40. The van der Waals surface area contributed by atoms with E-state index in [1.54, 1.807) is 18.8 Å². The third kappa shape index (κ3) is 3.13. The van der Waals surface area contributed by atoms with Crippen molar-refractivity contribution < 1.29 is 17.9 Å². The summed E-state index contributed by atoms with van der Waals surface area (Å²) in [5, 5.41) is 4.40. The lowest BCUT2D eigenvalue weighted by Gasteiger charge is -2.06. The third-order valence-electron chi connectivity index (χ3n) is 3.77. The van der Waals surface area contributed by atoms with Crippen LogP contribution >= 0.6 is 0 Å². The minimum atomic E-state index is -4.34. The Hall–Kier alpha value is -2.76. The Bertz CT molecular complexity index is 834. The van der Waals surface area contributed by atoms with Gasteiger partial charge in [-0.3, -0.25) is 4.68 Å². The second kappa shape index (κ2) is 6.03. The van der Waals surface area contributed by atoms with Crippen LogP contribution in [0.5, 0.6) is 5.75 Å². The zero-order valence-corrected chi connectivity index (χ0v) is 13.1. The highest BCUT2D eigenvalue weighted by Gasteiger charge is 2.30. The summed E-state index contributed by atoms with van der Waals surface area (Å²) >= 11 is 0. The van der Waals surface area contributed by atoms with Gasteiger partial charge in [-0.05, 0) is 42.5 Å². The fourth-order valence-electron chi connectivity index (χ4n) is 2.47. The number of rotatable bonds is 3. The molecule has 1 heterocycles. The molecule has 0 atom stereocenters. The van der Waals surface area contributed by atoms with Crippen LogP contribution in [0.1, 0.15) is 5.56 Å². The van der Waals surface area contributed by atoms with E-state index in [0.717, 1.165) is 29.1 Å². The van der Waals surface area contributed by atoms with E-state index in [-0.39, 0.29) is 0 Å². The molecule has 24 heavy (non-hydrogen) atoms. The smallest absolute Gasteiger partial charge is 0.416 e. The predicted octanol–water partition coefficient (Wildman–Crippen LogP) is 4.78. The number of hydrogen-bond acceptors (Lipinski definition) is 2. The van der Waals surface area contributed by atoms with Gasteiger partial charge in [-0.1, -0.05) is 12.1 Å². The highest BCUT2D eigenvalue weighted by Crippen LogP contribution is 2.32. The lowest BCUT2D eigenvalue weighted by atomic mass is 10.1. The average Bonchev–Trinajstić information content (AvgIpc) is 2.96. The number of aromatic nitrogens is 2. The Morgan fingerprint density at radius 3 is 2.04 bits per heavy atom. The van der Waals surface area contributed by atoms with Crippen LogP contribution in [0, 0.1) is 0 Å². The van der Waals surface area contributed by atoms with Crippen molar-refractivity contribution in [2.45, 2.75) is 6.18 Å². The zero-order chi connectivity index (χ0) is 17.3. The standard InChI is InChI=1S/C18H15F3N2O/c1-23-17(13-5-9-15(24-2)10-6-13)11-16(22-23)12-3-7-14(8-4-12)18(19,20)21/h3-11H,1-2H3. The molecule has 0 saturated heterocycles. The molecule has 3 rings (SSSR count). The lowest BCUT2D eigenvalue weighted by Crippen LogP contribution is -2.04. The van der Waals surface area contributed by atoms with E-state index in [1.807, 2.05) is 30.3 Å². The molecule has 0 unspecified atom stereocenters. The van der Waals surface area contributed by atoms with Crippen LogP contribution in [0.15, 0.2) is 54.6 Å². The molecule has 3 nitrogen and oxygen atoms in total. The quantitative estimate of drug-likeness (QED) is 0.690. The molecule has 0 amide bonds. The second-order valence-corrected chi connectivity index (χ2v) is 5.34. The molecule has 0 aliphatic carbocycles. The monoisotopic (exact) mass is 332 g/mol. The first-order valence-corrected chi connectivity index (χ1v) is 7.24. The van der Waals surface area contributed by atoms with Gasteiger partial charge >= 0.3 is 6.18 Å². The molecule has 0 spiro atoms. The average molecular weight is 332 g/mol. The third-order valence-corrected chi connectivity index (χ3v) is 3.77. The van der Waals surface area contributed by atoms with Crippen molar-refractivity contribution in [3.63, 3.8) is 0 Å². The largest absolute Gasteiger partial charge is 0.497 e. The summed E-state index contributed by atoms with van der Waals surface area (Å²) in [5.41, 5.74) is 2.41. The van der Waals surface area contributed by atoms with Crippen LogP contribution in [-0.4, -0.2) is 16.9 Å². The first-order valence-electron chi connectivity index (χ1n) is 7.24. The number of hydrogen-bond donors (Lipinski definition) is 0. The van der Waals surface area contributed by atoms with E-state index >= 15 is 0 Å². The van der Waals surface area contributed by atoms with E-state index < -0.39 is 11.7 Å². The Kier molecular flexibility index (Phi) is 4.05. The molecule has 124 valence electrons. The number of methoxy groups -OCH3 is 1. The van der Waals surface area contributed by atoms with Crippen LogP contribution in [0.25, 0.3) is 22.5 Å². The Morgan fingerprint density at radius 1 is 0.917 bits per heavy atom. The maximum Gasteiger partial charge on any atom is 0.416 e. The number of alkyl halides is 3. The van der Waals surface area contributed by atoms with Gasteiger partial charge < -0.3 is 4.74 Å². The molecular weight excluding hydrogens is 317 g/mol. The van der Waals surface area contributed by atoms with E-state index in [9.17, 15) is 13.2 Å². The van der Waals surface area contributed by atoms with Gasteiger partial charge in [-0.2, -0.15) is 18.3 Å². The molecule has 1 aromatic heterocycles. The highest BCUT2D eigenvalue weighted by molar-refractivity contribution is 5.69. The minimum Gasteiger partial charge on any atom is -0.497 e. The summed E-state index contributed by atoms with van der Waals surface area (Å²) in [6.45, 7) is 0. The van der Waals surface area contributed by atoms with E-state index in [1.165, 1.54) is 12.1 Å². The normalized spacial score (nSPS) is 11.5. The molecule has 0 aliphatic rings. The van der Waals surface area contributed by atoms with E-state index in [2.05, 4.69) is 5.10 Å². The van der Waals surface area contributed by atoms with Gasteiger partial charge in [0.2, 0.25) is 0 Å².